The molecular weight excluding hydrogens is 417 g/mol. The van der Waals surface area contributed by atoms with E-state index in [1.165, 1.54) is 51.4 Å². The molecule has 2 heteroatoms. The van der Waals surface area contributed by atoms with E-state index in [1.807, 2.05) is 0 Å². The second-order valence-corrected chi connectivity index (χ2v) is 4.20. The third kappa shape index (κ3) is 14.5. The van der Waals surface area contributed by atoms with Crippen molar-refractivity contribution in [2.75, 3.05) is 0 Å². The summed E-state index contributed by atoms with van der Waals surface area (Å²) in [5.41, 5.74) is 0. The molecule has 0 atom stereocenters. The van der Waals surface area contributed by atoms with Crippen LogP contribution in [0.25, 0.3) is 0 Å². The maximum atomic E-state index is 2.27. The minimum atomic E-state index is 0. The summed E-state index contributed by atoms with van der Waals surface area (Å²) in [6.07, 6.45) is 28.0. The number of hydrogen-bond acceptors (Lipinski definition) is 0. The van der Waals surface area contributed by atoms with Gasteiger partial charge in [-0.15, -0.1) is 0 Å². The fraction of sp³-hybridized carbons (Fsp3) is 0.500. The molecule has 18 heavy (non-hydrogen) atoms. The maximum Gasteiger partial charge on any atom is 3.00 e. The molecule has 2 radical (unpaired) electrons. The molecule has 0 N–H and O–H groups in total. The number of rotatable bonds is 0. The van der Waals surface area contributed by atoms with Gasteiger partial charge in [-0.2, -0.15) is 0 Å². The van der Waals surface area contributed by atoms with Crippen LogP contribution in [0.4, 0.5) is 0 Å². The average molecular weight is 441 g/mol. The van der Waals surface area contributed by atoms with Crippen LogP contribution in [-0.4, -0.2) is 24.4 Å². The van der Waals surface area contributed by atoms with Crippen LogP contribution in [0.5, 0.6) is 0 Å². The van der Waals surface area contributed by atoms with Crippen molar-refractivity contribution in [2.45, 2.75) is 51.4 Å². The topological polar surface area (TPSA) is 0 Å². The molecular formula is C16H24RhSb+4. The summed E-state index contributed by atoms with van der Waals surface area (Å²) < 4.78 is 0. The van der Waals surface area contributed by atoms with Crippen molar-refractivity contribution in [3.05, 3.63) is 48.6 Å². The molecule has 0 fully saturated rings. The zero-order chi connectivity index (χ0) is 11.3. The average Bonchev–Trinajstić information content (AvgIpc) is 2.15. The van der Waals surface area contributed by atoms with Gasteiger partial charge in [-0.05, 0) is 51.4 Å². The van der Waals surface area contributed by atoms with Crippen LogP contribution in [0, 0.1) is 0 Å². The molecule has 2 aliphatic carbocycles. The van der Waals surface area contributed by atoms with Crippen molar-refractivity contribution < 1.29 is 19.5 Å². The third-order valence-electron chi connectivity index (χ3n) is 2.67. The van der Waals surface area contributed by atoms with E-state index in [0.717, 1.165) is 0 Å². The smallest absolute Gasteiger partial charge is 0.0882 e. The molecule has 0 saturated carbocycles. The fourth-order valence-corrected chi connectivity index (χ4v) is 1.71. The molecule has 0 bridgehead atoms. The second-order valence-electron chi connectivity index (χ2n) is 4.20. The first-order chi connectivity index (χ1) is 8.00. The molecule has 0 aromatic heterocycles. The molecule has 0 aromatic carbocycles. The van der Waals surface area contributed by atoms with Crippen molar-refractivity contribution in [1.29, 1.82) is 0 Å². The van der Waals surface area contributed by atoms with Gasteiger partial charge in [-0.1, -0.05) is 48.6 Å². The maximum absolute atomic E-state index is 2.27. The first kappa shape index (κ1) is 20.7. The second kappa shape index (κ2) is 17.4. The van der Waals surface area contributed by atoms with Crippen molar-refractivity contribution in [3.63, 3.8) is 0 Å². The van der Waals surface area contributed by atoms with Crippen LogP contribution in [0.15, 0.2) is 48.6 Å². The Morgan fingerprint density at radius 3 is 0.556 bits per heavy atom. The molecule has 0 saturated heterocycles. The minimum Gasteiger partial charge on any atom is -0.0882 e. The first-order valence-corrected chi connectivity index (χ1v) is 6.60. The van der Waals surface area contributed by atoms with Crippen LogP contribution < -0.4 is 0 Å². The Bertz CT molecular complexity index is 184. The SMILES string of the molecule is C1=CCCC=CCC1.C1=CCCC=CCC1.[Rh+].[Sb+3]. The molecule has 0 aromatic rings. The van der Waals surface area contributed by atoms with Crippen molar-refractivity contribution in [3.8, 4) is 0 Å². The van der Waals surface area contributed by atoms with E-state index >= 15 is 0 Å². The Balaban J connectivity index is 0. The Hall–Kier alpha value is 0.402. The molecule has 98 valence electrons. The van der Waals surface area contributed by atoms with Gasteiger partial charge in [0.05, 0.1) is 0 Å². The molecule has 0 unspecified atom stereocenters. The van der Waals surface area contributed by atoms with Gasteiger partial charge in [0.25, 0.3) is 0 Å². The normalized spacial score (nSPS) is 17.8. The quantitative estimate of drug-likeness (QED) is 0.369. The van der Waals surface area contributed by atoms with Crippen LogP contribution in [0.1, 0.15) is 51.4 Å². The van der Waals surface area contributed by atoms with E-state index in [4.69, 9.17) is 0 Å². The van der Waals surface area contributed by atoms with Crippen LogP contribution in [0.3, 0.4) is 0 Å². The monoisotopic (exact) mass is 440 g/mol. The largest absolute Gasteiger partial charge is 3.00 e. The van der Waals surface area contributed by atoms with Gasteiger partial charge >= 0.3 is 43.9 Å². The minimum absolute atomic E-state index is 0. The Labute approximate surface area is 143 Å². The van der Waals surface area contributed by atoms with Crippen LogP contribution >= 0.6 is 0 Å². The summed E-state index contributed by atoms with van der Waals surface area (Å²) in [6.45, 7) is 0. The van der Waals surface area contributed by atoms with Gasteiger partial charge < -0.3 is 0 Å². The van der Waals surface area contributed by atoms with Crippen molar-refractivity contribution >= 4 is 24.4 Å². The summed E-state index contributed by atoms with van der Waals surface area (Å²) in [6, 6.07) is 0. The van der Waals surface area contributed by atoms with Crippen LogP contribution in [-0.2, 0) is 19.5 Å². The summed E-state index contributed by atoms with van der Waals surface area (Å²) in [4.78, 5) is 0. The zero-order valence-corrected chi connectivity index (χ0v) is 15.2. The summed E-state index contributed by atoms with van der Waals surface area (Å²) in [5, 5.41) is 0. The Kier molecular flexibility index (Phi) is 20.0. The van der Waals surface area contributed by atoms with E-state index in [9.17, 15) is 0 Å². The van der Waals surface area contributed by atoms with Crippen molar-refractivity contribution in [2.24, 2.45) is 0 Å². The van der Waals surface area contributed by atoms with Crippen molar-refractivity contribution in [1.82, 2.24) is 0 Å². The van der Waals surface area contributed by atoms with Crippen LogP contribution in [0.2, 0.25) is 0 Å². The van der Waals surface area contributed by atoms with Gasteiger partial charge in [0.2, 0.25) is 0 Å². The summed E-state index contributed by atoms with van der Waals surface area (Å²) in [7, 11) is 0. The summed E-state index contributed by atoms with van der Waals surface area (Å²) in [5.74, 6) is 0. The zero-order valence-electron chi connectivity index (χ0n) is 11.1. The molecule has 0 heterocycles. The van der Waals surface area contributed by atoms with Gasteiger partial charge in [0.1, 0.15) is 0 Å². The third-order valence-corrected chi connectivity index (χ3v) is 2.67. The molecule has 2 aliphatic rings. The van der Waals surface area contributed by atoms with E-state index in [2.05, 4.69) is 48.6 Å². The van der Waals surface area contributed by atoms with Gasteiger partial charge in [0.15, 0.2) is 0 Å². The van der Waals surface area contributed by atoms with E-state index in [-0.39, 0.29) is 43.9 Å². The number of hydrogen-bond donors (Lipinski definition) is 0. The first-order valence-electron chi connectivity index (χ1n) is 6.60. The van der Waals surface area contributed by atoms with Gasteiger partial charge in [-0.3, -0.25) is 0 Å². The Morgan fingerprint density at radius 2 is 0.444 bits per heavy atom. The standard InChI is InChI=1S/2C8H12.Rh.Sb/c2*1-2-4-6-8-7-5-3-1;;/h2*1-2,7-8H,3-6H2;;/q;;+1;+3. The van der Waals surface area contributed by atoms with E-state index < -0.39 is 0 Å². The predicted molar refractivity (Wildman–Crippen MR) is 79.3 cm³/mol. The molecule has 2 rings (SSSR count). The van der Waals surface area contributed by atoms with E-state index in [1.54, 1.807) is 0 Å². The predicted octanol–water partition coefficient (Wildman–Crippen LogP) is 4.96. The molecule has 0 aliphatic heterocycles. The molecule has 0 spiro atoms. The fourth-order valence-electron chi connectivity index (χ4n) is 1.71. The summed E-state index contributed by atoms with van der Waals surface area (Å²) >= 11 is 0. The Morgan fingerprint density at radius 1 is 0.333 bits per heavy atom. The van der Waals surface area contributed by atoms with Gasteiger partial charge in [0, 0.05) is 0 Å². The van der Waals surface area contributed by atoms with Gasteiger partial charge in [-0.25, -0.2) is 0 Å². The molecule has 0 nitrogen and oxygen atoms in total. The van der Waals surface area contributed by atoms with E-state index in [0.29, 0.717) is 0 Å². The molecule has 0 amide bonds. The number of allylic oxidation sites excluding steroid dienone is 8.